The molecule has 0 saturated carbocycles. The molecule has 1 aromatic carbocycles. The first-order valence-corrected chi connectivity index (χ1v) is 7.59. The van der Waals surface area contributed by atoms with Crippen molar-refractivity contribution in [2.45, 2.75) is 38.8 Å². The van der Waals surface area contributed by atoms with Gasteiger partial charge in [-0.1, -0.05) is 56.3 Å². The number of ether oxygens (including phenoxy) is 1. The van der Waals surface area contributed by atoms with E-state index >= 15 is 0 Å². The summed E-state index contributed by atoms with van der Waals surface area (Å²) in [5.41, 5.74) is 0.752. The molecule has 22 heavy (non-hydrogen) atoms. The van der Waals surface area contributed by atoms with E-state index in [1.54, 1.807) is 0 Å². The second kappa shape index (κ2) is 8.54. The van der Waals surface area contributed by atoms with Crippen LogP contribution in [-0.2, 0) is 9.53 Å². The summed E-state index contributed by atoms with van der Waals surface area (Å²) in [6.07, 6.45) is 5.57. The van der Waals surface area contributed by atoms with Crippen LogP contribution in [0.3, 0.4) is 0 Å². The van der Waals surface area contributed by atoms with Crippen molar-refractivity contribution < 1.29 is 9.53 Å². The van der Waals surface area contributed by atoms with Crippen LogP contribution in [0.1, 0.15) is 38.3 Å². The number of allylic oxidation sites excluding steroid dienone is 1. The van der Waals surface area contributed by atoms with Gasteiger partial charge in [-0.2, -0.15) is 0 Å². The number of hydrogen-bond donors (Lipinski definition) is 1. The Balaban J connectivity index is 3.05. The number of esters is 1. The molecule has 0 aliphatic carbocycles. The fourth-order valence-corrected chi connectivity index (χ4v) is 2.36. The van der Waals surface area contributed by atoms with Crippen molar-refractivity contribution in [2.24, 2.45) is 5.41 Å². The first kappa shape index (κ1) is 18.2. The van der Waals surface area contributed by atoms with Gasteiger partial charge < -0.3 is 4.74 Å². The summed E-state index contributed by atoms with van der Waals surface area (Å²) in [7, 11) is 1.41. The van der Waals surface area contributed by atoms with Gasteiger partial charge in [0.2, 0.25) is 0 Å². The van der Waals surface area contributed by atoms with Gasteiger partial charge in [0.25, 0.3) is 0 Å². The average molecular weight is 301 g/mol. The highest BCUT2D eigenvalue weighted by molar-refractivity contribution is 5.77. The zero-order valence-corrected chi connectivity index (χ0v) is 13.8. The number of rotatable bonds is 9. The van der Waals surface area contributed by atoms with E-state index in [0.717, 1.165) is 18.4 Å². The summed E-state index contributed by atoms with van der Waals surface area (Å²) in [6.45, 7) is 11.9. The van der Waals surface area contributed by atoms with Gasteiger partial charge in [-0.25, -0.2) is 4.79 Å². The minimum atomic E-state index is -0.486. The Bertz CT molecular complexity index is 493. The van der Waals surface area contributed by atoms with Crippen molar-refractivity contribution in [1.82, 2.24) is 5.32 Å². The molecule has 0 aliphatic heterocycles. The van der Waals surface area contributed by atoms with E-state index in [2.05, 4.69) is 32.3 Å². The summed E-state index contributed by atoms with van der Waals surface area (Å²) in [5.74, 6) is -0.283. The number of nitrogens with one attached hydrogen (secondary N) is 1. The molecule has 1 aromatic rings. The van der Waals surface area contributed by atoms with Crippen LogP contribution in [-0.4, -0.2) is 19.1 Å². The third-order valence-electron chi connectivity index (χ3n) is 4.02. The SMILES string of the molecule is C=CCC[C@@H](N[C@H](C(=O)OC)c1ccccc1)C(C)(C)C=C. The van der Waals surface area contributed by atoms with E-state index < -0.39 is 6.04 Å². The Morgan fingerprint density at radius 3 is 2.45 bits per heavy atom. The maximum absolute atomic E-state index is 12.2. The van der Waals surface area contributed by atoms with E-state index in [0.29, 0.717) is 0 Å². The molecule has 0 heterocycles. The fourth-order valence-electron chi connectivity index (χ4n) is 2.36. The molecular weight excluding hydrogens is 274 g/mol. The van der Waals surface area contributed by atoms with Gasteiger partial charge in [0.1, 0.15) is 6.04 Å². The number of carbonyl (C=O) groups excluding carboxylic acids is 1. The van der Waals surface area contributed by atoms with Crippen molar-refractivity contribution in [3.05, 3.63) is 61.2 Å². The molecule has 0 bridgehead atoms. The van der Waals surface area contributed by atoms with Crippen LogP contribution in [0.5, 0.6) is 0 Å². The summed E-state index contributed by atoms with van der Waals surface area (Å²) < 4.78 is 4.97. The quantitative estimate of drug-likeness (QED) is 0.552. The first-order valence-electron chi connectivity index (χ1n) is 7.59. The smallest absolute Gasteiger partial charge is 0.327 e. The van der Waals surface area contributed by atoms with Gasteiger partial charge in [0.15, 0.2) is 0 Å². The highest BCUT2D eigenvalue weighted by Crippen LogP contribution is 2.28. The lowest BCUT2D eigenvalue weighted by atomic mass is 9.81. The molecule has 0 amide bonds. The molecule has 2 atom stereocenters. The largest absolute Gasteiger partial charge is 0.468 e. The van der Waals surface area contributed by atoms with Crippen LogP contribution in [0.25, 0.3) is 0 Å². The molecule has 0 aromatic heterocycles. The molecule has 0 saturated heterocycles. The minimum Gasteiger partial charge on any atom is -0.468 e. The van der Waals surface area contributed by atoms with E-state index in [4.69, 9.17) is 4.74 Å². The fraction of sp³-hybridized carbons (Fsp3) is 0.421. The number of benzene rings is 1. The van der Waals surface area contributed by atoms with E-state index in [1.807, 2.05) is 42.5 Å². The third-order valence-corrected chi connectivity index (χ3v) is 4.02. The number of carbonyl (C=O) groups is 1. The van der Waals surface area contributed by atoms with Gasteiger partial charge >= 0.3 is 5.97 Å². The van der Waals surface area contributed by atoms with E-state index in [-0.39, 0.29) is 17.4 Å². The second-order valence-corrected chi connectivity index (χ2v) is 5.98. The van der Waals surface area contributed by atoms with Crippen LogP contribution in [0.15, 0.2) is 55.6 Å². The highest BCUT2D eigenvalue weighted by atomic mass is 16.5. The number of hydrogen-bond acceptors (Lipinski definition) is 3. The maximum Gasteiger partial charge on any atom is 0.327 e. The monoisotopic (exact) mass is 301 g/mol. The average Bonchev–Trinajstić information content (AvgIpc) is 2.55. The Kier molecular flexibility index (Phi) is 7.06. The molecule has 0 aliphatic rings. The lowest BCUT2D eigenvalue weighted by Crippen LogP contribution is -2.45. The summed E-state index contributed by atoms with van der Waals surface area (Å²) >= 11 is 0. The first-order chi connectivity index (χ1) is 10.5. The van der Waals surface area contributed by atoms with Gasteiger partial charge in [-0.15, -0.1) is 13.2 Å². The molecule has 0 spiro atoms. The minimum absolute atomic E-state index is 0.0901. The van der Waals surface area contributed by atoms with Crippen LogP contribution in [0.2, 0.25) is 0 Å². The van der Waals surface area contributed by atoms with Gasteiger partial charge in [-0.05, 0) is 23.8 Å². The van der Waals surface area contributed by atoms with Crippen LogP contribution in [0.4, 0.5) is 0 Å². The summed E-state index contributed by atoms with van der Waals surface area (Å²) in [5, 5.41) is 3.45. The zero-order valence-electron chi connectivity index (χ0n) is 13.8. The molecule has 0 radical (unpaired) electrons. The molecule has 3 nitrogen and oxygen atoms in total. The van der Waals surface area contributed by atoms with Crippen molar-refractivity contribution in [3.8, 4) is 0 Å². The van der Waals surface area contributed by atoms with Crippen molar-refractivity contribution in [3.63, 3.8) is 0 Å². The normalized spacial score (nSPS) is 14.0. The maximum atomic E-state index is 12.2. The Morgan fingerprint density at radius 2 is 1.95 bits per heavy atom. The number of methoxy groups -OCH3 is 1. The molecule has 120 valence electrons. The third kappa shape index (κ3) is 4.85. The second-order valence-electron chi connectivity index (χ2n) is 5.98. The van der Waals surface area contributed by atoms with Crippen LogP contribution in [0, 0.1) is 5.41 Å². The lowest BCUT2D eigenvalue weighted by molar-refractivity contribution is -0.143. The van der Waals surface area contributed by atoms with Crippen molar-refractivity contribution in [1.29, 1.82) is 0 Å². The lowest BCUT2D eigenvalue weighted by Gasteiger charge is -2.35. The Morgan fingerprint density at radius 1 is 1.32 bits per heavy atom. The summed E-state index contributed by atoms with van der Waals surface area (Å²) in [4.78, 5) is 12.2. The highest BCUT2D eigenvalue weighted by Gasteiger charge is 2.31. The topological polar surface area (TPSA) is 38.3 Å². The van der Waals surface area contributed by atoms with Gasteiger partial charge in [0, 0.05) is 6.04 Å². The van der Waals surface area contributed by atoms with Crippen LogP contribution >= 0.6 is 0 Å². The predicted octanol–water partition coefficient (Wildman–Crippen LogP) is 4.04. The van der Waals surface area contributed by atoms with Gasteiger partial charge in [0.05, 0.1) is 7.11 Å². The van der Waals surface area contributed by atoms with E-state index in [1.165, 1.54) is 7.11 Å². The van der Waals surface area contributed by atoms with E-state index in [9.17, 15) is 4.79 Å². The molecule has 1 rings (SSSR count). The molecule has 1 N–H and O–H groups in total. The Hall–Kier alpha value is -1.87. The molecule has 3 heteroatoms. The molecule has 0 unspecified atom stereocenters. The molecular formula is C19H27NO2. The van der Waals surface area contributed by atoms with Crippen molar-refractivity contribution >= 4 is 5.97 Å². The predicted molar refractivity (Wildman–Crippen MR) is 91.5 cm³/mol. The standard InChI is InChI=1S/C19H27NO2/c1-6-8-14-16(19(3,4)7-2)20-17(18(21)22-5)15-12-10-9-11-13-15/h6-7,9-13,16-17,20H,1-2,8,14H2,3-5H3/t16-,17+/m1/s1. The van der Waals surface area contributed by atoms with Crippen molar-refractivity contribution in [2.75, 3.05) is 7.11 Å². The molecule has 0 fully saturated rings. The van der Waals surface area contributed by atoms with Crippen LogP contribution < -0.4 is 5.32 Å². The van der Waals surface area contributed by atoms with Gasteiger partial charge in [-0.3, -0.25) is 5.32 Å². The Labute approximate surface area is 134 Å². The summed E-state index contributed by atoms with van der Waals surface area (Å²) in [6, 6.07) is 9.24. The zero-order chi connectivity index (χ0) is 16.6.